The maximum atomic E-state index is 12.5. The molecule has 2 aromatic heterocycles. The van der Waals surface area contributed by atoms with Crippen LogP contribution in [0.25, 0.3) is 0 Å². The number of carbonyl (C=O) groups excluding carboxylic acids is 1. The molecule has 7 heteroatoms. The van der Waals surface area contributed by atoms with Gasteiger partial charge in [0.25, 0.3) is 5.56 Å². The first-order valence-corrected chi connectivity index (χ1v) is 8.01. The molecule has 128 valence electrons. The smallest absolute Gasteiger partial charge is 0.322 e. The van der Waals surface area contributed by atoms with E-state index in [4.69, 9.17) is 4.42 Å². The number of carbonyl (C=O) groups is 1. The summed E-state index contributed by atoms with van der Waals surface area (Å²) in [5.74, 6) is 0.499. The molecule has 2 aromatic rings. The third-order valence-corrected chi connectivity index (χ3v) is 4.37. The van der Waals surface area contributed by atoms with E-state index in [0.29, 0.717) is 18.7 Å². The number of furan rings is 1. The number of anilines is 1. The molecule has 0 radical (unpaired) electrons. The number of aliphatic hydroxyl groups is 1. The summed E-state index contributed by atoms with van der Waals surface area (Å²) in [5.41, 5.74) is -0.000509. The normalized spacial score (nSPS) is 18.6. The van der Waals surface area contributed by atoms with Gasteiger partial charge in [-0.2, -0.15) is 0 Å². The van der Waals surface area contributed by atoms with Crippen molar-refractivity contribution in [2.24, 2.45) is 7.05 Å². The van der Waals surface area contributed by atoms with Gasteiger partial charge in [-0.3, -0.25) is 4.79 Å². The van der Waals surface area contributed by atoms with Crippen LogP contribution in [-0.4, -0.2) is 33.2 Å². The minimum atomic E-state index is -0.747. The van der Waals surface area contributed by atoms with Crippen LogP contribution in [0.2, 0.25) is 0 Å². The van der Waals surface area contributed by atoms with Gasteiger partial charge in [-0.05, 0) is 37.1 Å². The van der Waals surface area contributed by atoms with E-state index in [0.717, 1.165) is 12.8 Å². The van der Waals surface area contributed by atoms with Gasteiger partial charge in [0.2, 0.25) is 0 Å². The quantitative estimate of drug-likeness (QED) is 0.898. The van der Waals surface area contributed by atoms with E-state index >= 15 is 0 Å². The first-order chi connectivity index (χ1) is 11.6. The van der Waals surface area contributed by atoms with Crippen LogP contribution in [0, 0.1) is 0 Å². The second kappa shape index (κ2) is 6.92. The van der Waals surface area contributed by atoms with Crippen molar-refractivity contribution in [1.29, 1.82) is 0 Å². The van der Waals surface area contributed by atoms with Gasteiger partial charge in [-0.15, -0.1) is 0 Å². The molecule has 2 amide bonds. The Hall–Kier alpha value is -2.54. The average Bonchev–Trinajstić information content (AvgIpc) is 3.23. The summed E-state index contributed by atoms with van der Waals surface area (Å²) in [6, 6.07) is 6.34. The molecule has 2 atom stereocenters. The first-order valence-electron chi connectivity index (χ1n) is 8.01. The molecule has 2 unspecified atom stereocenters. The van der Waals surface area contributed by atoms with E-state index < -0.39 is 6.10 Å². The fourth-order valence-electron chi connectivity index (χ4n) is 3.08. The lowest BCUT2D eigenvalue weighted by molar-refractivity contribution is 0.110. The Morgan fingerprint density at radius 2 is 2.29 bits per heavy atom. The zero-order valence-corrected chi connectivity index (χ0v) is 13.5. The van der Waals surface area contributed by atoms with Crippen molar-refractivity contribution in [1.82, 2.24) is 9.47 Å². The van der Waals surface area contributed by atoms with Gasteiger partial charge >= 0.3 is 6.03 Å². The van der Waals surface area contributed by atoms with E-state index in [-0.39, 0.29) is 23.3 Å². The van der Waals surface area contributed by atoms with Crippen molar-refractivity contribution < 1.29 is 14.3 Å². The van der Waals surface area contributed by atoms with Gasteiger partial charge in [-0.25, -0.2) is 4.79 Å². The number of urea groups is 1. The van der Waals surface area contributed by atoms with Crippen LogP contribution >= 0.6 is 0 Å². The second-order valence-electron chi connectivity index (χ2n) is 6.02. The molecule has 2 N–H and O–H groups in total. The van der Waals surface area contributed by atoms with Crippen LogP contribution < -0.4 is 10.9 Å². The van der Waals surface area contributed by atoms with Crippen molar-refractivity contribution in [2.45, 2.75) is 31.4 Å². The van der Waals surface area contributed by atoms with Crippen LogP contribution in [0.15, 0.2) is 45.9 Å². The molecular weight excluding hydrogens is 310 g/mol. The summed E-state index contributed by atoms with van der Waals surface area (Å²) in [6.07, 6.45) is 4.50. The van der Waals surface area contributed by atoms with Crippen LogP contribution in [0.3, 0.4) is 0 Å². The zero-order chi connectivity index (χ0) is 17.1. The van der Waals surface area contributed by atoms with Crippen molar-refractivity contribution in [2.75, 3.05) is 11.9 Å². The standard InChI is InChI=1S/C17H21N3O4/c1-19-8-3-6-13(16(19)22)18-17(23)20-9-2-5-12(20)11-14(21)15-7-4-10-24-15/h3-4,6-8,10,12,14,21H,2,5,9,11H2,1H3,(H,18,23). The van der Waals surface area contributed by atoms with Crippen molar-refractivity contribution in [3.8, 4) is 0 Å². The number of aliphatic hydroxyl groups excluding tert-OH is 1. The molecule has 24 heavy (non-hydrogen) atoms. The monoisotopic (exact) mass is 331 g/mol. The number of aryl methyl sites for hydroxylation is 1. The van der Waals surface area contributed by atoms with Crippen LogP contribution in [0.1, 0.15) is 31.1 Å². The fourth-order valence-corrected chi connectivity index (χ4v) is 3.08. The number of amides is 2. The number of nitrogens with one attached hydrogen (secondary N) is 1. The molecule has 0 spiro atoms. The molecule has 7 nitrogen and oxygen atoms in total. The Labute approximate surface area is 139 Å². The topological polar surface area (TPSA) is 87.7 Å². The predicted molar refractivity (Wildman–Crippen MR) is 88.7 cm³/mol. The summed E-state index contributed by atoms with van der Waals surface area (Å²) >= 11 is 0. The van der Waals surface area contributed by atoms with E-state index in [9.17, 15) is 14.7 Å². The molecule has 0 aliphatic carbocycles. The van der Waals surface area contributed by atoms with Crippen LogP contribution in [0.5, 0.6) is 0 Å². The van der Waals surface area contributed by atoms with E-state index in [2.05, 4.69) is 5.32 Å². The number of hydrogen-bond donors (Lipinski definition) is 2. The van der Waals surface area contributed by atoms with Crippen molar-refractivity contribution >= 4 is 11.7 Å². The van der Waals surface area contributed by atoms with Gasteiger partial charge < -0.3 is 24.3 Å². The van der Waals surface area contributed by atoms with Crippen LogP contribution in [0.4, 0.5) is 10.5 Å². The lowest BCUT2D eigenvalue weighted by atomic mass is 10.1. The maximum absolute atomic E-state index is 12.5. The first kappa shape index (κ1) is 16.3. The number of likely N-dealkylation sites (tertiary alicyclic amines) is 1. The Morgan fingerprint density at radius 3 is 3.04 bits per heavy atom. The number of rotatable bonds is 4. The number of pyridine rings is 1. The van der Waals surface area contributed by atoms with Crippen LogP contribution in [-0.2, 0) is 7.05 Å². The van der Waals surface area contributed by atoms with E-state index in [1.807, 2.05) is 0 Å². The Kier molecular flexibility index (Phi) is 4.71. The van der Waals surface area contributed by atoms with Crippen molar-refractivity contribution in [3.63, 3.8) is 0 Å². The largest absolute Gasteiger partial charge is 0.467 e. The maximum Gasteiger partial charge on any atom is 0.322 e. The highest BCUT2D eigenvalue weighted by molar-refractivity contribution is 5.89. The molecule has 0 saturated carbocycles. The number of aromatic nitrogens is 1. The molecule has 1 fully saturated rings. The highest BCUT2D eigenvalue weighted by Gasteiger charge is 2.31. The zero-order valence-electron chi connectivity index (χ0n) is 13.5. The van der Waals surface area contributed by atoms with Crippen molar-refractivity contribution in [3.05, 3.63) is 52.8 Å². The molecule has 0 bridgehead atoms. The SMILES string of the molecule is Cn1cccc(NC(=O)N2CCCC2CC(O)c2ccco2)c1=O. The summed E-state index contributed by atoms with van der Waals surface area (Å²) in [4.78, 5) is 26.2. The van der Waals surface area contributed by atoms with E-state index in [1.54, 1.807) is 42.4 Å². The third-order valence-electron chi connectivity index (χ3n) is 4.37. The summed E-state index contributed by atoms with van der Waals surface area (Å²) in [5, 5.41) is 12.9. The highest BCUT2D eigenvalue weighted by atomic mass is 16.4. The molecule has 1 aliphatic heterocycles. The average molecular weight is 331 g/mol. The summed E-state index contributed by atoms with van der Waals surface area (Å²) < 4.78 is 6.63. The molecule has 3 rings (SSSR count). The van der Waals surface area contributed by atoms with Gasteiger partial charge in [-0.1, -0.05) is 0 Å². The third kappa shape index (κ3) is 3.35. The number of hydrogen-bond acceptors (Lipinski definition) is 4. The minimum Gasteiger partial charge on any atom is -0.467 e. The van der Waals surface area contributed by atoms with Gasteiger partial charge in [0.15, 0.2) is 0 Å². The summed E-state index contributed by atoms with van der Waals surface area (Å²) in [7, 11) is 1.64. The Bertz CT molecular complexity index is 753. The molecule has 0 aromatic carbocycles. The summed E-state index contributed by atoms with van der Waals surface area (Å²) in [6.45, 7) is 0.606. The van der Waals surface area contributed by atoms with Gasteiger partial charge in [0.1, 0.15) is 17.6 Å². The van der Waals surface area contributed by atoms with Gasteiger partial charge in [0, 0.05) is 32.3 Å². The fraction of sp³-hybridized carbons (Fsp3) is 0.412. The number of nitrogens with zero attached hydrogens (tertiary/aromatic N) is 2. The molecular formula is C17H21N3O4. The second-order valence-corrected chi connectivity index (χ2v) is 6.02. The van der Waals surface area contributed by atoms with Gasteiger partial charge in [0.05, 0.1) is 6.26 Å². The lowest BCUT2D eigenvalue weighted by Crippen LogP contribution is -2.40. The Morgan fingerprint density at radius 1 is 1.46 bits per heavy atom. The Balaban J connectivity index is 1.67. The lowest BCUT2D eigenvalue weighted by Gasteiger charge is -2.26. The highest BCUT2D eigenvalue weighted by Crippen LogP contribution is 2.28. The minimum absolute atomic E-state index is 0.0855. The molecule has 1 saturated heterocycles. The van der Waals surface area contributed by atoms with E-state index in [1.165, 1.54) is 10.8 Å². The predicted octanol–water partition coefficient (Wildman–Crippen LogP) is 2.10. The molecule has 3 heterocycles. The molecule has 1 aliphatic rings.